The van der Waals surface area contributed by atoms with Gasteiger partial charge in [0.1, 0.15) is 17.0 Å². The lowest BCUT2D eigenvalue weighted by Gasteiger charge is -2.36. The maximum atomic E-state index is 5.50. The lowest BCUT2D eigenvalue weighted by atomic mass is 10.1. The molecule has 5 nitrogen and oxygen atoms in total. The highest BCUT2D eigenvalue weighted by molar-refractivity contribution is 7.18. The molecule has 0 bridgehead atoms. The van der Waals surface area contributed by atoms with Crippen molar-refractivity contribution in [2.24, 2.45) is 5.92 Å². The lowest BCUT2D eigenvalue weighted by Crippen LogP contribution is -2.48. The molecule has 0 amide bonds. The van der Waals surface area contributed by atoms with Crippen LogP contribution in [0.3, 0.4) is 0 Å². The summed E-state index contributed by atoms with van der Waals surface area (Å²) in [6.45, 7) is 9.62. The second-order valence-corrected chi connectivity index (χ2v) is 7.61. The summed E-state index contributed by atoms with van der Waals surface area (Å²) in [5.74, 6) is 1.85. The zero-order valence-corrected chi connectivity index (χ0v) is 14.5. The van der Waals surface area contributed by atoms with Gasteiger partial charge in [-0.05, 0) is 24.8 Å². The molecule has 2 fully saturated rings. The number of hydrogen-bond acceptors (Lipinski definition) is 6. The zero-order chi connectivity index (χ0) is 15.6. The molecule has 1 unspecified atom stereocenters. The molecule has 4 rings (SSSR count). The Morgan fingerprint density at radius 1 is 1.26 bits per heavy atom. The van der Waals surface area contributed by atoms with Gasteiger partial charge in [0, 0.05) is 44.2 Å². The zero-order valence-electron chi connectivity index (χ0n) is 13.7. The van der Waals surface area contributed by atoms with Gasteiger partial charge >= 0.3 is 0 Å². The third kappa shape index (κ3) is 3.20. The minimum Gasteiger partial charge on any atom is -0.381 e. The standard InChI is InChI=1S/C17H24N4OS/c1-2-14-9-15-16(18-12-19-17(15)23-14)21-6-4-20(5-7-21)10-13-3-8-22-11-13/h9,12-13H,2-8,10-11H2,1H3. The Morgan fingerprint density at radius 3 is 2.87 bits per heavy atom. The topological polar surface area (TPSA) is 41.5 Å². The molecule has 4 heterocycles. The molecular weight excluding hydrogens is 308 g/mol. The molecule has 23 heavy (non-hydrogen) atoms. The molecule has 0 saturated carbocycles. The number of fused-ring (bicyclic) bond motifs is 1. The summed E-state index contributed by atoms with van der Waals surface area (Å²) in [5, 5.41) is 1.23. The fourth-order valence-electron chi connectivity index (χ4n) is 3.55. The van der Waals surface area contributed by atoms with E-state index in [1.54, 1.807) is 17.7 Å². The molecule has 0 aromatic carbocycles. The first-order chi connectivity index (χ1) is 11.3. The molecule has 124 valence electrons. The van der Waals surface area contributed by atoms with Gasteiger partial charge < -0.3 is 9.64 Å². The van der Waals surface area contributed by atoms with E-state index in [9.17, 15) is 0 Å². The highest BCUT2D eigenvalue weighted by Crippen LogP contribution is 2.31. The number of rotatable bonds is 4. The van der Waals surface area contributed by atoms with Crippen molar-refractivity contribution in [3.8, 4) is 0 Å². The first-order valence-electron chi connectivity index (χ1n) is 8.62. The van der Waals surface area contributed by atoms with E-state index in [4.69, 9.17) is 4.74 Å². The van der Waals surface area contributed by atoms with Crippen molar-refractivity contribution in [1.29, 1.82) is 0 Å². The Labute approximate surface area is 141 Å². The van der Waals surface area contributed by atoms with Crippen LogP contribution in [0.5, 0.6) is 0 Å². The van der Waals surface area contributed by atoms with Gasteiger partial charge in [0.15, 0.2) is 0 Å². The SMILES string of the molecule is CCc1cc2c(N3CCN(CC4CCOC4)CC3)ncnc2s1. The normalized spacial score (nSPS) is 23.0. The molecule has 2 aromatic heterocycles. The van der Waals surface area contributed by atoms with E-state index >= 15 is 0 Å². The third-order valence-corrected chi connectivity index (χ3v) is 6.11. The van der Waals surface area contributed by atoms with Crippen LogP contribution < -0.4 is 4.90 Å². The quantitative estimate of drug-likeness (QED) is 0.860. The molecule has 2 aliphatic heterocycles. The number of ether oxygens (including phenoxy) is 1. The highest BCUT2D eigenvalue weighted by Gasteiger charge is 2.24. The van der Waals surface area contributed by atoms with E-state index in [0.717, 1.165) is 62.4 Å². The molecule has 1 atom stereocenters. The van der Waals surface area contributed by atoms with Gasteiger partial charge in [0.05, 0.1) is 12.0 Å². The number of piperazine rings is 1. The van der Waals surface area contributed by atoms with E-state index < -0.39 is 0 Å². The van der Waals surface area contributed by atoms with Gasteiger partial charge in [-0.15, -0.1) is 11.3 Å². The lowest BCUT2D eigenvalue weighted by molar-refractivity contribution is 0.164. The fourth-order valence-corrected chi connectivity index (χ4v) is 4.48. The van der Waals surface area contributed by atoms with Gasteiger partial charge in [-0.25, -0.2) is 9.97 Å². The maximum absolute atomic E-state index is 5.50. The van der Waals surface area contributed by atoms with Crippen LogP contribution in [0.25, 0.3) is 10.2 Å². The third-order valence-electron chi connectivity index (χ3n) is 4.92. The minimum atomic E-state index is 0.733. The number of anilines is 1. The Hall–Kier alpha value is -1.24. The van der Waals surface area contributed by atoms with E-state index in [1.807, 2.05) is 0 Å². The molecular formula is C17H24N4OS. The largest absolute Gasteiger partial charge is 0.381 e. The Morgan fingerprint density at radius 2 is 2.13 bits per heavy atom. The monoisotopic (exact) mass is 332 g/mol. The van der Waals surface area contributed by atoms with E-state index in [-0.39, 0.29) is 0 Å². The number of hydrogen-bond donors (Lipinski definition) is 0. The van der Waals surface area contributed by atoms with Crippen molar-refractivity contribution in [3.05, 3.63) is 17.3 Å². The van der Waals surface area contributed by atoms with Gasteiger partial charge in [-0.3, -0.25) is 4.90 Å². The summed E-state index contributed by atoms with van der Waals surface area (Å²) < 4.78 is 5.50. The van der Waals surface area contributed by atoms with Crippen molar-refractivity contribution in [3.63, 3.8) is 0 Å². The second kappa shape index (κ2) is 6.71. The summed E-state index contributed by atoms with van der Waals surface area (Å²) in [5.41, 5.74) is 0. The molecule has 0 aliphatic carbocycles. The Balaban J connectivity index is 1.44. The van der Waals surface area contributed by atoms with Gasteiger partial charge in [0.2, 0.25) is 0 Å². The Bertz CT molecular complexity index is 660. The molecule has 0 spiro atoms. The first kappa shape index (κ1) is 15.3. The van der Waals surface area contributed by atoms with Crippen LogP contribution in [0.1, 0.15) is 18.2 Å². The summed E-state index contributed by atoms with van der Waals surface area (Å²) in [6.07, 6.45) is 4.01. The van der Waals surface area contributed by atoms with Crippen LogP contribution in [-0.2, 0) is 11.2 Å². The van der Waals surface area contributed by atoms with Gasteiger partial charge in [0.25, 0.3) is 0 Å². The van der Waals surface area contributed by atoms with Crippen LogP contribution in [0, 0.1) is 5.92 Å². The van der Waals surface area contributed by atoms with Crippen LogP contribution in [0.15, 0.2) is 12.4 Å². The molecule has 2 saturated heterocycles. The number of aromatic nitrogens is 2. The summed E-state index contributed by atoms with van der Waals surface area (Å²) in [4.78, 5) is 16.6. The van der Waals surface area contributed by atoms with E-state index in [0.29, 0.717) is 0 Å². The average Bonchev–Trinajstić information content (AvgIpc) is 3.24. The van der Waals surface area contributed by atoms with Gasteiger partial charge in [-0.1, -0.05) is 6.92 Å². The average molecular weight is 332 g/mol. The number of nitrogens with zero attached hydrogens (tertiary/aromatic N) is 4. The predicted octanol–water partition coefficient (Wildman–Crippen LogP) is 2.41. The smallest absolute Gasteiger partial charge is 0.140 e. The van der Waals surface area contributed by atoms with E-state index in [1.165, 1.54) is 23.2 Å². The summed E-state index contributed by atoms with van der Waals surface area (Å²) in [7, 11) is 0. The van der Waals surface area contributed by atoms with E-state index in [2.05, 4.69) is 32.8 Å². The van der Waals surface area contributed by atoms with Crippen molar-refractivity contribution >= 4 is 27.4 Å². The predicted molar refractivity (Wildman–Crippen MR) is 94.4 cm³/mol. The molecule has 6 heteroatoms. The Kier molecular flexibility index (Phi) is 4.46. The minimum absolute atomic E-state index is 0.733. The maximum Gasteiger partial charge on any atom is 0.140 e. The first-order valence-corrected chi connectivity index (χ1v) is 9.43. The summed E-state index contributed by atoms with van der Waals surface area (Å²) in [6, 6.07) is 2.28. The van der Waals surface area contributed by atoms with Crippen molar-refractivity contribution < 1.29 is 4.74 Å². The van der Waals surface area contributed by atoms with Gasteiger partial charge in [-0.2, -0.15) is 0 Å². The number of aryl methyl sites for hydroxylation is 1. The molecule has 2 aromatic rings. The fraction of sp³-hybridized carbons (Fsp3) is 0.647. The molecule has 2 aliphatic rings. The van der Waals surface area contributed by atoms with Crippen molar-refractivity contribution in [2.45, 2.75) is 19.8 Å². The molecule has 0 N–H and O–H groups in total. The second-order valence-electron chi connectivity index (χ2n) is 6.50. The highest BCUT2D eigenvalue weighted by atomic mass is 32.1. The van der Waals surface area contributed by atoms with Crippen molar-refractivity contribution in [1.82, 2.24) is 14.9 Å². The summed E-state index contributed by atoms with van der Waals surface area (Å²) >= 11 is 1.80. The van der Waals surface area contributed by atoms with Crippen LogP contribution >= 0.6 is 11.3 Å². The van der Waals surface area contributed by atoms with Crippen LogP contribution in [0.4, 0.5) is 5.82 Å². The molecule has 0 radical (unpaired) electrons. The van der Waals surface area contributed by atoms with Crippen LogP contribution in [0.2, 0.25) is 0 Å². The number of thiophene rings is 1. The van der Waals surface area contributed by atoms with Crippen molar-refractivity contribution in [2.75, 3.05) is 50.8 Å². The van der Waals surface area contributed by atoms with Crippen LogP contribution in [-0.4, -0.2) is 60.8 Å².